The number of rotatable bonds is 0. The van der Waals surface area contributed by atoms with Gasteiger partial charge < -0.3 is 16.0 Å². The van der Waals surface area contributed by atoms with Crippen LogP contribution in [0, 0.1) is 0 Å². The Bertz CT molecular complexity index is 501. The van der Waals surface area contributed by atoms with Gasteiger partial charge in [-0.2, -0.15) is 0 Å². The number of carbonyl (C=O) groups is 1. The zero-order valence-electron chi connectivity index (χ0n) is 9.49. The molecular formula is C13H15N3O. The van der Waals surface area contributed by atoms with E-state index in [0.29, 0.717) is 12.1 Å². The second-order valence-electron chi connectivity index (χ2n) is 5.29. The summed E-state index contributed by atoms with van der Waals surface area (Å²) in [5, 5.41) is 10.3. The number of anilines is 1. The molecule has 3 aliphatic heterocycles. The molecule has 3 aliphatic rings. The van der Waals surface area contributed by atoms with Crippen molar-refractivity contribution in [1.82, 2.24) is 10.6 Å². The first kappa shape index (κ1) is 9.48. The molecule has 0 aromatic heterocycles. The molecule has 4 nitrogen and oxygen atoms in total. The fraction of sp³-hybridized carbons (Fsp3) is 0.462. The van der Waals surface area contributed by atoms with Gasteiger partial charge in [-0.25, -0.2) is 0 Å². The molecule has 88 valence electrons. The summed E-state index contributed by atoms with van der Waals surface area (Å²) >= 11 is 0. The van der Waals surface area contributed by atoms with Gasteiger partial charge in [-0.1, -0.05) is 12.1 Å². The molecule has 3 heterocycles. The van der Waals surface area contributed by atoms with Gasteiger partial charge in [0.15, 0.2) is 0 Å². The molecule has 1 spiro atoms. The van der Waals surface area contributed by atoms with Crippen LogP contribution in [0.1, 0.15) is 29.6 Å². The van der Waals surface area contributed by atoms with Gasteiger partial charge >= 0.3 is 0 Å². The van der Waals surface area contributed by atoms with Crippen LogP contribution < -0.4 is 16.0 Å². The van der Waals surface area contributed by atoms with Crippen LogP contribution in [0.5, 0.6) is 0 Å². The molecule has 0 radical (unpaired) electrons. The zero-order valence-corrected chi connectivity index (χ0v) is 9.49. The highest BCUT2D eigenvalue weighted by Gasteiger charge is 2.53. The lowest BCUT2D eigenvalue weighted by Gasteiger charge is -2.42. The minimum absolute atomic E-state index is 0.0497. The van der Waals surface area contributed by atoms with Crippen molar-refractivity contribution < 1.29 is 4.79 Å². The number of benzene rings is 1. The SMILES string of the molecule is O=C1N[C@]2(C[C@H]3CC[C@H]2N3)Nc2ccccc21. The molecular weight excluding hydrogens is 214 g/mol. The fourth-order valence-corrected chi connectivity index (χ4v) is 3.51. The first-order valence-electron chi connectivity index (χ1n) is 6.23. The van der Waals surface area contributed by atoms with E-state index in [1.165, 1.54) is 6.42 Å². The molecule has 0 unspecified atom stereocenters. The maximum absolute atomic E-state index is 12.1. The molecule has 2 fully saturated rings. The molecule has 2 bridgehead atoms. The smallest absolute Gasteiger partial charge is 0.255 e. The molecule has 17 heavy (non-hydrogen) atoms. The predicted octanol–water partition coefficient (Wildman–Crippen LogP) is 1.06. The van der Waals surface area contributed by atoms with Gasteiger partial charge in [0.1, 0.15) is 5.66 Å². The maximum Gasteiger partial charge on any atom is 0.255 e. The third-order valence-electron chi connectivity index (χ3n) is 4.27. The number of hydrogen-bond donors (Lipinski definition) is 3. The summed E-state index contributed by atoms with van der Waals surface area (Å²) in [7, 11) is 0. The van der Waals surface area contributed by atoms with Crippen LogP contribution in [0.15, 0.2) is 24.3 Å². The van der Waals surface area contributed by atoms with Crippen molar-refractivity contribution in [2.45, 2.75) is 37.0 Å². The van der Waals surface area contributed by atoms with Crippen LogP contribution in [0.4, 0.5) is 5.69 Å². The van der Waals surface area contributed by atoms with Crippen molar-refractivity contribution in [2.24, 2.45) is 0 Å². The number of fused-ring (bicyclic) bond motifs is 4. The van der Waals surface area contributed by atoms with Crippen molar-refractivity contribution in [3.63, 3.8) is 0 Å². The predicted molar refractivity (Wildman–Crippen MR) is 64.8 cm³/mol. The Morgan fingerprint density at radius 1 is 1.18 bits per heavy atom. The fourth-order valence-electron chi connectivity index (χ4n) is 3.51. The lowest BCUT2D eigenvalue weighted by Crippen LogP contribution is -2.63. The number of para-hydroxylation sites is 1. The van der Waals surface area contributed by atoms with Gasteiger partial charge in [0, 0.05) is 24.2 Å². The number of hydrogen-bond acceptors (Lipinski definition) is 3. The van der Waals surface area contributed by atoms with E-state index in [9.17, 15) is 4.79 Å². The molecule has 1 aromatic carbocycles. The molecule has 3 N–H and O–H groups in total. The molecule has 4 heteroatoms. The van der Waals surface area contributed by atoms with Crippen molar-refractivity contribution in [2.75, 3.05) is 5.32 Å². The van der Waals surface area contributed by atoms with Crippen LogP contribution in [0.2, 0.25) is 0 Å². The zero-order chi connectivity index (χ0) is 11.5. The summed E-state index contributed by atoms with van der Waals surface area (Å²) in [6, 6.07) is 8.64. The van der Waals surface area contributed by atoms with Gasteiger partial charge in [-0.05, 0) is 25.0 Å². The van der Waals surface area contributed by atoms with Crippen LogP contribution >= 0.6 is 0 Å². The van der Waals surface area contributed by atoms with Crippen LogP contribution in [0.25, 0.3) is 0 Å². The summed E-state index contributed by atoms with van der Waals surface area (Å²) in [5.41, 5.74) is 1.46. The third-order valence-corrected chi connectivity index (χ3v) is 4.27. The Hall–Kier alpha value is -1.55. The lowest BCUT2D eigenvalue weighted by molar-refractivity contribution is 0.0885. The van der Waals surface area contributed by atoms with Gasteiger partial charge in [0.05, 0.1) is 5.56 Å². The Morgan fingerprint density at radius 2 is 2.06 bits per heavy atom. The van der Waals surface area contributed by atoms with Crippen LogP contribution in [-0.2, 0) is 0 Å². The summed E-state index contributed by atoms with van der Waals surface area (Å²) < 4.78 is 0. The van der Waals surface area contributed by atoms with Crippen LogP contribution in [0.3, 0.4) is 0 Å². The topological polar surface area (TPSA) is 53.2 Å². The minimum atomic E-state index is -0.256. The quantitative estimate of drug-likeness (QED) is 0.623. The lowest BCUT2D eigenvalue weighted by atomic mass is 9.86. The van der Waals surface area contributed by atoms with Crippen molar-refractivity contribution in [3.8, 4) is 0 Å². The second kappa shape index (κ2) is 3.01. The van der Waals surface area contributed by atoms with Gasteiger partial charge in [-0.15, -0.1) is 0 Å². The highest BCUT2D eigenvalue weighted by atomic mass is 16.2. The molecule has 3 atom stereocenters. The van der Waals surface area contributed by atoms with E-state index < -0.39 is 0 Å². The molecule has 1 aromatic rings. The Morgan fingerprint density at radius 3 is 2.82 bits per heavy atom. The molecule has 0 saturated carbocycles. The Labute approximate surface area is 99.8 Å². The molecule has 1 amide bonds. The summed E-state index contributed by atoms with van der Waals surface area (Å²) in [5.74, 6) is 0.0497. The Kier molecular flexibility index (Phi) is 1.68. The Balaban J connectivity index is 1.77. The summed E-state index contributed by atoms with van der Waals surface area (Å²) in [6.45, 7) is 0. The first-order valence-corrected chi connectivity index (χ1v) is 6.23. The van der Waals surface area contributed by atoms with Gasteiger partial charge in [-0.3, -0.25) is 4.79 Å². The number of amides is 1. The average molecular weight is 229 g/mol. The van der Waals surface area contributed by atoms with E-state index in [0.717, 1.165) is 24.1 Å². The van der Waals surface area contributed by atoms with Crippen molar-refractivity contribution in [1.29, 1.82) is 0 Å². The highest BCUT2D eigenvalue weighted by Crippen LogP contribution is 2.40. The van der Waals surface area contributed by atoms with E-state index >= 15 is 0 Å². The number of carbonyl (C=O) groups excluding carboxylic acids is 1. The molecule has 4 rings (SSSR count). The third kappa shape index (κ3) is 1.19. The van der Waals surface area contributed by atoms with Crippen molar-refractivity contribution >= 4 is 11.6 Å². The van der Waals surface area contributed by atoms with Gasteiger partial charge in [0.25, 0.3) is 5.91 Å². The summed E-state index contributed by atoms with van der Waals surface area (Å²) in [6.07, 6.45) is 3.35. The normalized spacial score (nSPS) is 37.8. The van der Waals surface area contributed by atoms with Crippen LogP contribution in [-0.4, -0.2) is 23.7 Å². The monoisotopic (exact) mass is 229 g/mol. The van der Waals surface area contributed by atoms with E-state index in [1.807, 2.05) is 24.3 Å². The van der Waals surface area contributed by atoms with E-state index in [1.54, 1.807) is 0 Å². The minimum Gasteiger partial charge on any atom is -0.361 e. The van der Waals surface area contributed by atoms with Gasteiger partial charge in [0.2, 0.25) is 0 Å². The van der Waals surface area contributed by atoms with E-state index in [-0.39, 0.29) is 11.6 Å². The molecule has 2 saturated heterocycles. The van der Waals surface area contributed by atoms with Crippen molar-refractivity contribution in [3.05, 3.63) is 29.8 Å². The summed E-state index contributed by atoms with van der Waals surface area (Å²) in [4.78, 5) is 12.1. The first-order chi connectivity index (χ1) is 8.27. The standard InChI is InChI=1S/C13H15N3O/c17-12-9-3-1-2-4-10(9)15-13(16-12)7-8-5-6-11(13)14-8/h1-4,8,11,14-15H,5-7H2,(H,16,17)/t8-,11-,13+/m1/s1. The van der Waals surface area contributed by atoms with E-state index in [4.69, 9.17) is 0 Å². The number of nitrogens with one attached hydrogen (secondary N) is 3. The maximum atomic E-state index is 12.1. The largest absolute Gasteiger partial charge is 0.361 e. The molecule has 0 aliphatic carbocycles. The highest BCUT2D eigenvalue weighted by molar-refractivity contribution is 6.02. The van der Waals surface area contributed by atoms with E-state index in [2.05, 4.69) is 16.0 Å². The second-order valence-corrected chi connectivity index (χ2v) is 5.29. The average Bonchev–Trinajstić information content (AvgIpc) is 2.89.